The molecule has 0 fully saturated rings. The molecule has 0 atom stereocenters. The van der Waals surface area contributed by atoms with Crippen molar-refractivity contribution in [3.63, 3.8) is 0 Å². The highest BCUT2D eigenvalue weighted by atomic mass is 32.2. The van der Waals surface area contributed by atoms with Crippen LogP contribution in [-0.4, -0.2) is 14.5 Å². The topological polar surface area (TPSA) is 58.2 Å². The van der Waals surface area contributed by atoms with Gasteiger partial charge in [-0.3, -0.25) is 4.72 Å². The smallest absolute Gasteiger partial charge is 0.261 e. The van der Waals surface area contributed by atoms with E-state index in [1.54, 1.807) is 18.2 Å². The Kier molecular flexibility index (Phi) is 5.15. The van der Waals surface area contributed by atoms with Gasteiger partial charge in [-0.25, -0.2) is 12.8 Å². The Balaban J connectivity index is 2.14. The summed E-state index contributed by atoms with van der Waals surface area (Å²) < 4.78 is 40.3. The fraction of sp³-hybridized carbons (Fsp3) is 0.250. The van der Waals surface area contributed by atoms with Crippen LogP contribution in [0.4, 0.5) is 10.1 Å². The summed E-state index contributed by atoms with van der Waals surface area (Å²) in [6.07, 6.45) is 0. The number of anilines is 1. The van der Waals surface area contributed by atoms with Gasteiger partial charge < -0.3 is 5.32 Å². The minimum Gasteiger partial charge on any atom is -0.310 e. The quantitative estimate of drug-likeness (QED) is 0.859. The highest BCUT2D eigenvalue weighted by molar-refractivity contribution is 7.92. The van der Waals surface area contributed by atoms with Crippen LogP contribution in [0, 0.1) is 5.82 Å². The van der Waals surface area contributed by atoms with Crippen molar-refractivity contribution >= 4 is 15.7 Å². The number of hydrogen-bond donors (Lipinski definition) is 2. The molecule has 0 saturated carbocycles. The minimum absolute atomic E-state index is 0.0620. The molecule has 0 aliphatic rings. The van der Waals surface area contributed by atoms with Crippen molar-refractivity contribution in [1.82, 2.24) is 5.32 Å². The molecule has 6 heteroatoms. The number of nitrogens with one attached hydrogen (secondary N) is 2. The molecule has 0 aliphatic heterocycles. The first-order valence-electron chi connectivity index (χ1n) is 6.98. The second-order valence-electron chi connectivity index (χ2n) is 5.26. The molecule has 0 spiro atoms. The van der Waals surface area contributed by atoms with Crippen LogP contribution in [0.5, 0.6) is 0 Å². The lowest BCUT2D eigenvalue weighted by Crippen LogP contribution is -2.21. The molecular formula is C16H19FN2O2S. The van der Waals surface area contributed by atoms with Gasteiger partial charge in [0.1, 0.15) is 5.82 Å². The second kappa shape index (κ2) is 6.89. The van der Waals surface area contributed by atoms with E-state index in [9.17, 15) is 12.8 Å². The van der Waals surface area contributed by atoms with Crippen LogP contribution in [0.25, 0.3) is 0 Å². The maximum atomic E-state index is 13.5. The molecule has 2 N–H and O–H groups in total. The number of rotatable bonds is 6. The van der Waals surface area contributed by atoms with E-state index in [4.69, 9.17) is 0 Å². The van der Waals surface area contributed by atoms with Gasteiger partial charge in [-0.1, -0.05) is 38.1 Å². The van der Waals surface area contributed by atoms with Crippen molar-refractivity contribution in [1.29, 1.82) is 0 Å². The maximum Gasteiger partial charge on any atom is 0.261 e. The Labute approximate surface area is 130 Å². The standard InChI is InChI=1S/C16H19FN2O2S/c1-12(2)18-11-13-7-9-14(10-8-13)22(20,21)19-16-6-4-3-5-15(16)17/h3-10,12,18-19H,11H2,1-2H3. The number of hydrogen-bond acceptors (Lipinski definition) is 3. The van der Waals surface area contributed by atoms with Gasteiger partial charge in [0, 0.05) is 12.6 Å². The summed E-state index contributed by atoms with van der Waals surface area (Å²) in [6, 6.07) is 12.5. The average molecular weight is 322 g/mol. The molecule has 22 heavy (non-hydrogen) atoms. The van der Waals surface area contributed by atoms with Crippen LogP contribution in [-0.2, 0) is 16.6 Å². The SMILES string of the molecule is CC(C)NCc1ccc(S(=O)(=O)Nc2ccccc2F)cc1. The lowest BCUT2D eigenvalue weighted by atomic mass is 10.2. The summed E-state index contributed by atoms with van der Waals surface area (Å²) in [5.41, 5.74) is 0.923. The van der Waals surface area contributed by atoms with Crippen molar-refractivity contribution in [2.75, 3.05) is 4.72 Å². The van der Waals surface area contributed by atoms with Crippen LogP contribution >= 0.6 is 0 Å². The normalized spacial score (nSPS) is 11.6. The number of halogens is 1. The Bertz CT molecular complexity index is 728. The van der Waals surface area contributed by atoms with Crippen LogP contribution < -0.4 is 10.0 Å². The van der Waals surface area contributed by atoms with E-state index in [0.717, 1.165) is 5.56 Å². The van der Waals surface area contributed by atoms with Crippen molar-refractivity contribution < 1.29 is 12.8 Å². The van der Waals surface area contributed by atoms with E-state index in [1.165, 1.54) is 30.3 Å². The minimum atomic E-state index is -3.79. The zero-order chi connectivity index (χ0) is 16.2. The predicted molar refractivity (Wildman–Crippen MR) is 85.6 cm³/mol. The van der Waals surface area contributed by atoms with E-state index in [-0.39, 0.29) is 10.6 Å². The van der Waals surface area contributed by atoms with Gasteiger partial charge in [-0.2, -0.15) is 0 Å². The first-order chi connectivity index (χ1) is 10.4. The molecule has 0 unspecified atom stereocenters. The van der Waals surface area contributed by atoms with E-state index >= 15 is 0 Å². The zero-order valence-corrected chi connectivity index (χ0v) is 13.3. The average Bonchev–Trinajstić information content (AvgIpc) is 2.48. The van der Waals surface area contributed by atoms with Gasteiger partial charge in [-0.05, 0) is 29.8 Å². The molecule has 0 saturated heterocycles. The highest BCUT2D eigenvalue weighted by Crippen LogP contribution is 2.19. The van der Waals surface area contributed by atoms with E-state index in [0.29, 0.717) is 12.6 Å². The zero-order valence-electron chi connectivity index (χ0n) is 12.5. The molecule has 0 radical (unpaired) electrons. The lowest BCUT2D eigenvalue weighted by Gasteiger charge is -2.11. The molecule has 4 nitrogen and oxygen atoms in total. The number of benzene rings is 2. The van der Waals surface area contributed by atoms with Gasteiger partial charge in [0.25, 0.3) is 10.0 Å². The van der Waals surface area contributed by atoms with Crippen LogP contribution in [0.3, 0.4) is 0 Å². The largest absolute Gasteiger partial charge is 0.310 e. The fourth-order valence-corrected chi connectivity index (χ4v) is 2.92. The Morgan fingerprint density at radius 1 is 1.05 bits per heavy atom. The van der Waals surface area contributed by atoms with Crippen LogP contribution in [0.2, 0.25) is 0 Å². The van der Waals surface area contributed by atoms with E-state index in [1.807, 2.05) is 13.8 Å². The van der Waals surface area contributed by atoms with E-state index < -0.39 is 15.8 Å². The molecule has 2 aromatic carbocycles. The van der Waals surface area contributed by atoms with Gasteiger partial charge in [0.15, 0.2) is 0 Å². The first kappa shape index (κ1) is 16.5. The third-order valence-corrected chi connectivity index (χ3v) is 4.45. The molecule has 0 amide bonds. The van der Waals surface area contributed by atoms with Crippen LogP contribution in [0.15, 0.2) is 53.4 Å². The molecule has 2 rings (SSSR count). The molecule has 0 heterocycles. The number of sulfonamides is 1. The predicted octanol–water partition coefficient (Wildman–Crippen LogP) is 3.12. The third-order valence-electron chi connectivity index (χ3n) is 3.07. The summed E-state index contributed by atoms with van der Waals surface area (Å²) in [7, 11) is -3.79. The molecule has 0 bridgehead atoms. The Hall–Kier alpha value is -1.92. The van der Waals surface area contributed by atoms with Gasteiger partial charge in [-0.15, -0.1) is 0 Å². The Morgan fingerprint density at radius 3 is 2.27 bits per heavy atom. The molecule has 0 aromatic heterocycles. The molecule has 0 aliphatic carbocycles. The summed E-state index contributed by atoms with van der Waals surface area (Å²) in [4.78, 5) is 0.101. The lowest BCUT2D eigenvalue weighted by molar-refractivity contribution is 0.588. The summed E-state index contributed by atoms with van der Waals surface area (Å²) in [5, 5.41) is 3.25. The van der Waals surface area contributed by atoms with Crippen molar-refractivity contribution in [2.45, 2.75) is 31.3 Å². The van der Waals surface area contributed by atoms with Gasteiger partial charge in [0.05, 0.1) is 10.6 Å². The summed E-state index contributed by atoms with van der Waals surface area (Å²) >= 11 is 0. The summed E-state index contributed by atoms with van der Waals surface area (Å²) in [6.45, 7) is 4.74. The van der Waals surface area contributed by atoms with Crippen LogP contribution in [0.1, 0.15) is 19.4 Å². The molecule has 2 aromatic rings. The molecule has 118 valence electrons. The van der Waals surface area contributed by atoms with Crippen molar-refractivity contribution in [2.24, 2.45) is 0 Å². The van der Waals surface area contributed by atoms with Crippen molar-refractivity contribution in [3.05, 3.63) is 59.9 Å². The Morgan fingerprint density at radius 2 is 1.68 bits per heavy atom. The monoisotopic (exact) mass is 322 g/mol. The second-order valence-corrected chi connectivity index (χ2v) is 6.95. The molecular weight excluding hydrogens is 303 g/mol. The van der Waals surface area contributed by atoms with E-state index in [2.05, 4.69) is 10.0 Å². The van der Waals surface area contributed by atoms with Crippen molar-refractivity contribution in [3.8, 4) is 0 Å². The van der Waals surface area contributed by atoms with Gasteiger partial charge in [0.2, 0.25) is 0 Å². The number of para-hydroxylation sites is 1. The maximum absolute atomic E-state index is 13.5. The fourth-order valence-electron chi connectivity index (χ4n) is 1.86. The third kappa shape index (κ3) is 4.29. The summed E-state index contributed by atoms with van der Waals surface area (Å²) in [5.74, 6) is -0.608. The van der Waals surface area contributed by atoms with Gasteiger partial charge >= 0.3 is 0 Å². The highest BCUT2D eigenvalue weighted by Gasteiger charge is 2.15. The first-order valence-corrected chi connectivity index (χ1v) is 8.46.